The summed E-state index contributed by atoms with van der Waals surface area (Å²) in [4.78, 5) is 11.1. The van der Waals surface area contributed by atoms with Crippen LogP contribution in [0.4, 0.5) is 0 Å². The second-order valence-corrected chi connectivity index (χ2v) is 4.80. The molecule has 3 nitrogen and oxygen atoms in total. The smallest absolute Gasteiger partial charge is 0.330 e. The number of carbonyl (C=O) groups excluding carboxylic acids is 1. The van der Waals surface area contributed by atoms with Gasteiger partial charge in [0, 0.05) is 6.08 Å². The molecule has 0 spiro atoms. The molecule has 0 bridgehead atoms. The van der Waals surface area contributed by atoms with Crippen molar-refractivity contribution in [3.63, 3.8) is 0 Å². The Hall–Kier alpha value is -0.830. The molecular weight excluding hydrogens is 192 g/mol. The van der Waals surface area contributed by atoms with Crippen molar-refractivity contribution < 1.29 is 14.3 Å². The molecule has 0 rings (SSSR count). The van der Waals surface area contributed by atoms with E-state index in [9.17, 15) is 4.79 Å². The van der Waals surface area contributed by atoms with Crippen LogP contribution in [0.25, 0.3) is 0 Å². The number of carbonyl (C=O) groups is 1. The monoisotopic (exact) mass is 214 g/mol. The predicted molar refractivity (Wildman–Crippen MR) is 60.7 cm³/mol. The molecule has 0 heterocycles. The molecule has 0 aromatic heterocycles. The van der Waals surface area contributed by atoms with Crippen LogP contribution in [0, 0.1) is 5.41 Å². The van der Waals surface area contributed by atoms with Crippen LogP contribution in [0.15, 0.2) is 11.6 Å². The van der Waals surface area contributed by atoms with Gasteiger partial charge in [0.1, 0.15) is 0 Å². The molecule has 88 valence electrons. The molecule has 0 radical (unpaired) electrons. The molecule has 0 fully saturated rings. The lowest BCUT2D eigenvalue weighted by Gasteiger charge is -2.17. The second-order valence-electron chi connectivity index (χ2n) is 4.80. The van der Waals surface area contributed by atoms with E-state index < -0.39 is 0 Å². The van der Waals surface area contributed by atoms with Gasteiger partial charge in [0.25, 0.3) is 0 Å². The number of ether oxygens (including phenoxy) is 2. The quantitative estimate of drug-likeness (QED) is 0.521. The second kappa shape index (κ2) is 6.62. The fourth-order valence-corrected chi connectivity index (χ4v) is 0.945. The van der Waals surface area contributed by atoms with Gasteiger partial charge in [0.2, 0.25) is 0 Å². The fraction of sp³-hybridized carbons (Fsp3) is 0.750. The first kappa shape index (κ1) is 14.2. The molecule has 0 unspecified atom stereocenters. The van der Waals surface area contributed by atoms with Crippen LogP contribution in [0.3, 0.4) is 0 Å². The summed E-state index contributed by atoms with van der Waals surface area (Å²) < 4.78 is 10.3. The SMILES string of the molecule is CCOC(=O)C=C(C)COCC(C)(C)C. The zero-order valence-corrected chi connectivity index (χ0v) is 10.4. The van der Waals surface area contributed by atoms with E-state index in [1.807, 2.05) is 6.92 Å². The van der Waals surface area contributed by atoms with Gasteiger partial charge in [0.15, 0.2) is 0 Å². The van der Waals surface area contributed by atoms with Crippen molar-refractivity contribution in [2.45, 2.75) is 34.6 Å². The highest BCUT2D eigenvalue weighted by molar-refractivity contribution is 5.82. The Bertz CT molecular complexity index is 224. The van der Waals surface area contributed by atoms with Gasteiger partial charge in [-0.05, 0) is 24.8 Å². The maximum Gasteiger partial charge on any atom is 0.330 e. The van der Waals surface area contributed by atoms with Gasteiger partial charge in [-0.1, -0.05) is 20.8 Å². The molecular formula is C12H22O3. The highest BCUT2D eigenvalue weighted by Crippen LogP contribution is 2.13. The third-order valence-corrected chi connectivity index (χ3v) is 1.52. The Morgan fingerprint density at radius 2 is 1.93 bits per heavy atom. The van der Waals surface area contributed by atoms with Gasteiger partial charge in [-0.2, -0.15) is 0 Å². The van der Waals surface area contributed by atoms with Crippen LogP contribution in [-0.2, 0) is 14.3 Å². The average Bonchev–Trinajstić information content (AvgIpc) is 2.01. The van der Waals surface area contributed by atoms with Gasteiger partial charge in [-0.25, -0.2) is 4.79 Å². The summed E-state index contributed by atoms with van der Waals surface area (Å²) in [5.74, 6) is -0.297. The minimum atomic E-state index is -0.297. The zero-order chi connectivity index (χ0) is 11.9. The topological polar surface area (TPSA) is 35.5 Å². The van der Waals surface area contributed by atoms with E-state index in [1.54, 1.807) is 6.92 Å². The molecule has 0 aliphatic rings. The number of hydrogen-bond acceptors (Lipinski definition) is 3. The van der Waals surface area contributed by atoms with E-state index >= 15 is 0 Å². The van der Waals surface area contributed by atoms with Crippen LogP contribution in [0.5, 0.6) is 0 Å². The van der Waals surface area contributed by atoms with E-state index in [0.29, 0.717) is 19.8 Å². The van der Waals surface area contributed by atoms with E-state index in [1.165, 1.54) is 6.08 Å². The summed E-state index contributed by atoms with van der Waals surface area (Å²) in [6, 6.07) is 0. The first-order valence-electron chi connectivity index (χ1n) is 5.27. The van der Waals surface area contributed by atoms with Gasteiger partial charge in [0.05, 0.1) is 19.8 Å². The fourth-order valence-electron chi connectivity index (χ4n) is 0.945. The summed E-state index contributed by atoms with van der Waals surface area (Å²) in [5.41, 5.74) is 1.04. The molecule has 15 heavy (non-hydrogen) atoms. The minimum absolute atomic E-state index is 0.157. The van der Waals surface area contributed by atoms with Crippen LogP contribution in [0.1, 0.15) is 34.6 Å². The van der Waals surface area contributed by atoms with E-state index in [4.69, 9.17) is 9.47 Å². The third-order valence-electron chi connectivity index (χ3n) is 1.52. The molecule has 0 aliphatic heterocycles. The van der Waals surface area contributed by atoms with Gasteiger partial charge >= 0.3 is 5.97 Å². The van der Waals surface area contributed by atoms with Crippen molar-refractivity contribution in [3.8, 4) is 0 Å². The highest BCUT2D eigenvalue weighted by atomic mass is 16.5. The van der Waals surface area contributed by atoms with Gasteiger partial charge in [-0.3, -0.25) is 0 Å². The minimum Gasteiger partial charge on any atom is -0.463 e. The number of hydrogen-bond donors (Lipinski definition) is 0. The van der Waals surface area contributed by atoms with Crippen LogP contribution in [0.2, 0.25) is 0 Å². The van der Waals surface area contributed by atoms with Crippen molar-refractivity contribution >= 4 is 5.97 Å². The van der Waals surface area contributed by atoms with Gasteiger partial charge in [-0.15, -0.1) is 0 Å². The zero-order valence-electron chi connectivity index (χ0n) is 10.4. The Labute approximate surface area is 92.5 Å². The van der Waals surface area contributed by atoms with Crippen molar-refractivity contribution in [3.05, 3.63) is 11.6 Å². The van der Waals surface area contributed by atoms with E-state index in [2.05, 4.69) is 20.8 Å². The molecule has 0 aromatic rings. The lowest BCUT2D eigenvalue weighted by atomic mass is 9.99. The Balaban J connectivity index is 3.83. The third kappa shape index (κ3) is 9.47. The molecule has 0 atom stereocenters. The molecule has 0 N–H and O–H groups in total. The number of rotatable bonds is 5. The maximum absolute atomic E-state index is 11.1. The normalized spacial score (nSPS) is 12.7. The number of esters is 1. The first-order valence-corrected chi connectivity index (χ1v) is 5.27. The predicted octanol–water partition coefficient (Wildman–Crippen LogP) is 2.56. The molecule has 0 saturated carbocycles. The molecule has 0 saturated heterocycles. The van der Waals surface area contributed by atoms with E-state index in [-0.39, 0.29) is 11.4 Å². The van der Waals surface area contributed by atoms with Crippen molar-refractivity contribution in [2.24, 2.45) is 5.41 Å². The Kier molecular flexibility index (Phi) is 6.25. The van der Waals surface area contributed by atoms with Crippen molar-refractivity contribution in [1.29, 1.82) is 0 Å². The molecule has 0 aromatic carbocycles. The lowest BCUT2D eigenvalue weighted by Crippen LogP contribution is -2.15. The van der Waals surface area contributed by atoms with Crippen molar-refractivity contribution in [1.82, 2.24) is 0 Å². The molecule has 0 amide bonds. The standard InChI is InChI=1S/C12H22O3/c1-6-15-11(13)7-10(2)8-14-9-12(3,4)5/h7H,6,8-9H2,1-5H3. The summed E-state index contributed by atoms with van der Waals surface area (Å²) in [6.45, 7) is 11.5. The Morgan fingerprint density at radius 3 is 2.40 bits per heavy atom. The highest BCUT2D eigenvalue weighted by Gasteiger charge is 2.09. The summed E-state index contributed by atoms with van der Waals surface area (Å²) in [5, 5.41) is 0. The van der Waals surface area contributed by atoms with Crippen LogP contribution >= 0.6 is 0 Å². The summed E-state index contributed by atoms with van der Waals surface area (Å²) in [6.07, 6.45) is 1.48. The maximum atomic E-state index is 11.1. The van der Waals surface area contributed by atoms with Gasteiger partial charge < -0.3 is 9.47 Å². The van der Waals surface area contributed by atoms with Crippen molar-refractivity contribution in [2.75, 3.05) is 19.8 Å². The van der Waals surface area contributed by atoms with E-state index in [0.717, 1.165) is 5.57 Å². The summed E-state index contributed by atoms with van der Waals surface area (Å²) in [7, 11) is 0. The molecule has 0 aliphatic carbocycles. The largest absolute Gasteiger partial charge is 0.463 e. The first-order chi connectivity index (χ1) is 6.85. The summed E-state index contributed by atoms with van der Waals surface area (Å²) >= 11 is 0. The van der Waals surface area contributed by atoms with Crippen LogP contribution < -0.4 is 0 Å². The molecule has 3 heteroatoms. The average molecular weight is 214 g/mol. The van der Waals surface area contributed by atoms with Crippen LogP contribution in [-0.4, -0.2) is 25.8 Å². The lowest BCUT2D eigenvalue weighted by molar-refractivity contribution is -0.137. The Morgan fingerprint density at radius 1 is 1.33 bits per heavy atom.